The highest BCUT2D eigenvalue weighted by molar-refractivity contribution is 7.90. The molecule has 0 fully saturated rings. The van der Waals surface area contributed by atoms with Gasteiger partial charge in [0, 0.05) is 11.2 Å². The number of hydrogen-bond donors (Lipinski definition) is 1. The molecule has 1 heterocycles. The second kappa shape index (κ2) is 3.67. The van der Waals surface area contributed by atoms with Crippen LogP contribution in [0.4, 0.5) is 13.2 Å². The van der Waals surface area contributed by atoms with Gasteiger partial charge >= 0.3 is 6.18 Å². The normalized spacial score (nSPS) is 14.3. The number of benzene rings is 1. The number of nitrogens with zero attached hydrogens (tertiary/aromatic N) is 1. The predicted molar refractivity (Wildman–Crippen MR) is 53.4 cm³/mol. The van der Waals surface area contributed by atoms with Crippen LogP contribution in [0.25, 0.3) is 10.9 Å². The van der Waals surface area contributed by atoms with Gasteiger partial charge in [0.15, 0.2) is 0 Å². The van der Waals surface area contributed by atoms with Gasteiger partial charge < -0.3 is 4.55 Å². The van der Waals surface area contributed by atoms with Gasteiger partial charge in [-0.2, -0.15) is 13.2 Å². The molecule has 0 aliphatic rings. The molecule has 0 radical (unpaired) electrons. The van der Waals surface area contributed by atoms with Crippen molar-refractivity contribution in [2.75, 3.05) is 6.26 Å². The van der Waals surface area contributed by atoms with E-state index in [1.165, 1.54) is 12.3 Å². The van der Waals surface area contributed by atoms with Crippen LogP contribution >= 0.6 is 0 Å². The largest absolute Gasteiger partial charge is 0.610 e. The van der Waals surface area contributed by atoms with Gasteiger partial charge in [0.1, 0.15) is 6.26 Å². The summed E-state index contributed by atoms with van der Waals surface area (Å²) in [5.41, 5.74) is -0.327. The van der Waals surface area contributed by atoms with Gasteiger partial charge in [-0.15, -0.1) is 5.10 Å². The van der Waals surface area contributed by atoms with Gasteiger partial charge in [-0.1, -0.05) is 0 Å². The van der Waals surface area contributed by atoms with Crippen LogP contribution in [-0.4, -0.2) is 21.0 Å². The van der Waals surface area contributed by atoms with Crippen LogP contribution in [0, 0.1) is 0 Å². The van der Waals surface area contributed by atoms with E-state index in [1.54, 1.807) is 0 Å². The molecule has 1 N–H and O–H groups in total. The number of aromatic amines is 1. The maximum absolute atomic E-state index is 12.4. The Morgan fingerprint density at radius 3 is 2.62 bits per heavy atom. The van der Waals surface area contributed by atoms with Gasteiger partial charge in [0.05, 0.1) is 16.5 Å². The van der Waals surface area contributed by atoms with Crippen molar-refractivity contribution in [3.8, 4) is 0 Å². The van der Waals surface area contributed by atoms with Crippen molar-refractivity contribution in [2.24, 2.45) is 0 Å². The first-order chi connectivity index (χ1) is 7.39. The van der Waals surface area contributed by atoms with E-state index in [2.05, 4.69) is 10.2 Å². The summed E-state index contributed by atoms with van der Waals surface area (Å²) in [4.78, 5) is 0. The van der Waals surface area contributed by atoms with E-state index < -0.39 is 22.9 Å². The first-order valence-corrected chi connectivity index (χ1v) is 5.84. The van der Waals surface area contributed by atoms with Crippen LogP contribution < -0.4 is 0 Å². The van der Waals surface area contributed by atoms with Gasteiger partial charge in [-0.3, -0.25) is 5.10 Å². The lowest BCUT2D eigenvalue weighted by Gasteiger charge is -2.06. The highest BCUT2D eigenvalue weighted by Gasteiger charge is 2.31. The van der Waals surface area contributed by atoms with Crippen LogP contribution in [0.5, 0.6) is 0 Å². The van der Waals surface area contributed by atoms with Crippen molar-refractivity contribution in [3.05, 3.63) is 23.8 Å². The highest BCUT2D eigenvalue weighted by atomic mass is 32.2. The molecule has 1 unspecified atom stereocenters. The summed E-state index contributed by atoms with van der Waals surface area (Å²) >= 11 is -1.42. The van der Waals surface area contributed by atoms with Crippen molar-refractivity contribution >= 4 is 22.1 Å². The number of aromatic nitrogens is 2. The lowest BCUT2D eigenvalue weighted by Crippen LogP contribution is -2.04. The number of H-pyrrole nitrogens is 1. The fraction of sp³-hybridized carbons (Fsp3) is 0.222. The molecule has 0 saturated heterocycles. The fourth-order valence-corrected chi connectivity index (χ4v) is 2.04. The Kier molecular flexibility index (Phi) is 2.59. The average Bonchev–Trinajstić information content (AvgIpc) is 2.58. The SMILES string of the molecule is C[S+]([O-])c1n[nH]c2ccc(C(F)(F)F)cc12. The first kappa shape index (κ1) is 11.3. The second-order valence-electron chi connectivity index (χ2n) is 3.24. The smallest absolute Gasteiger partial charge is 0.416 e. The van der Waals surface area contributed by atoms with Crippen molar-refractivity contribution in [3.63, 3.8) is 0 Å². The van der Waals surface area contributed by atoms with Crippen molar-refractivity contribution in [1.29, 1.82) is 0 Å². The quantitative estimate of drug-likeness (QED) is 0.787. The number of halogens is 3. The molecule has 16 heavy (non-hydrogen) atoms. The second-order valence-corrected chi connectivity index (χ2v) is 4.54. The first-order valence-electron chi connectivity index (χ1n) is 4.28. The summed E-state index contributed by atoms with van der Waals surface area (Å²) < 4.78 is 48.6. The third-order valence-electron chi connectivity index (χ3n) is 2.13. The van der Waals surface area contributed by atoms with Crippen LogP contribution in [0.3, 0.4) is 0 Å². The Labute approximate surface area is 91.8 Å². The molecular weight excluding hydrogens is 241 g/mol. The Bertz CT molecular complexity index is 521. The van der Waals surface area contributed by atoms with Crippen molar-refractivity contribution in [2.45, 2.75) is 11.2 Å². The lowest BCUT2D eigenvalue weighted by molar-refractivity contribution is -0.137. The molecule has 0 saturated carbocycles. The highest BCUT2D eigenvalue weighted by Crippen LogP contribution is 2.32. The topological polar surface area (TPSA) is 51.7 Å². The molecule has 7 heteroatoms. The van der Waals surface area contributed by atoms with Gasteiger partial charge in [-0.05, 0) is 18.2 Å². The molecule has 0 bridgehead atoms. The Balaban J connectivity index is 2.63. The number of fused-ring (bicyclic) bond motifs is 1. The maximum atomic E-state index is 12.4. The summed E-state index contributed by atoms with van der Waals surface area (Å²) in [5.74, 6) is 0. The van der Waals surface area contributed by atoms with Gasteiger partial charge in [0.25, 0.3) is 5.03 Å². The molecular formula is C9H7F3N2OS. The average molecular weight is 248 g/mol. The number of alkyl halides is 3. The maximum Gasteiger partial charge on any atom is 0.416 e. The Morgan fingerprint density at radius 2 is 2.06 bits per heavy atom. The molecule has 3 nitrogen and oxygen atoms in total. The zero-order chi connectivity index (χ0) is 11.9. The number of rotatable bonds is 1. The minimum absolute atomic E-state index is 0.140. The van der Waals surface area contributed by atoms with Gasteiger partial charge in [-0.25, -0.2) is 0 Å². The van der Waals surface area contributed by atoms with E-state index in [1.807, 2.05) is 0 Å². The predicted octanol–water partition coefficient (Wildman–Crippen LogP) is 2.32. The third kappa shape index (κ3) is 1.88. The lowest BCUT2D eigenvalue weighted by atomic mass is 10.1. The molecule has 0 aliphatic carbocycles. The van der Waals surface area contributed by atoms with E-state index in [-0.39, 0.29) is 10.4 Å². The minimum Gasteiger partial charge on any atom is -0.610 e. The summed E-state index contributed by atoms with van der Waals surface area (Å²) in [5, 5.41) is 6.65. The van der Waals surface area contributed by atoms with Crippen LogP contribution in [0.15, 0.2) is 23.2 Å². The summed E-state index contributed by atoms with van der Waals surface area (Å²) in [6, 6.07) is 3.19. The molecule has 1 atom stereocenters. The van der Waals surface area contributed by atoms with Crippen molar-refractivity contribution < 1.29 is 17.7 Å². The standard InChI is InChI=1S/C9H7F3N2OS/c1-16(15)8-6-4-5(9(10,11)12)2-3-7(6)13-14-8/h2-4H,1H3,(H,13,14). The van der Waals surface area contributed by atoms with E-state index in [4.69, 9.17) is 0 Å². The van der Waals surface area contributed by atoms with E-state index in [9.17, 15) is 17.7 Å². The molecule has 0 amide bonds. The Hall–Kier alpha value is -1.21. The zero-order valence-corrected chi connectivity index (χ0v) is 8.95. The Morgan fingerprint density at radius 1 is 1.38 bits per heavy atom. The monoisotopic (exact) mass is 248 g/mol. The molecule has 0 aliphatic heterocycles. The summed E-state index contributed by atoms with van der Waals surface area (Å²) in [6.45, 7) is 0. The summed E-state index contributed by atoms with van der Waals surface area (Å²) in [6.07, 6.45) is -3.03. The fourth-order valence-electron chi connectivity index (χ4n) is 1.39. The molecule has 0 spiro atoms. The van der Waals surface area contributed by atoms with E-state index >= 15 is 0 Å². The number of nitrogens with one attached hydrogen (secondary N) is 1. The zero-order valence-electron chi connectivity index (χ0n) is 8.13. The van der Waals surface area contributed by atoms with Crippen LogP contribution in [0.2, 0.25) is 0 Å². The van der Waals surface area contributed by atoms with Crippen LogP contribution in [-0.2, 0) is 17.4 Å². The molecule has 2 rings (SSSR count). The minimum atomic E-state index is -4.40. The van der Waals surface area contributed by atoms with Gasteiger partial charge in [0.2, 0.25) is 0 Å². The third-order valence-corrected chi connectivity index (χ3v) is 2.98. The number of hydrogen-bond acceptors (Lipinski definition) is 2. The van der Waals surface area contributed by atoms with E-state index in [0.29, 0.717) is 5.52 Å². The summed E-state index contributed by atoms with van der Waals surface area (Å²) in [7, 11) is 0. The van der Waals surface area contributed by atoms with Crippen molar-refractivity contribution in [1.82, 2.24) is 10.2 Å². The van der Waals surface area contributed by atoms with Crippen LogP contribution in [0.1, 0.15) is 5.56 Å². The molecule has 1 aromatic heterocycles. The molecule has 2 aromatic rings. The molecule has 1 aromatic carbocycles. The molecule has 86 valence electrons. The van der Waals surface area contributed by atoms with E-state index in [0.717, 1.165) is 12.1 Å².